The van der Waals surface area contributed by atoms with E-state index in [1.54, 1.807) is 0 Å². The zero-order valence-electron chi connectivity index (χ0n) is 15.4. The summed E-state index contributed by atoms with van der Waals surface area (Å²) in [4.78, 5) is 12.4. The maximum atomic E-state index is 14.4. The number of pyridine rings is 1. The molecular formula is C19H16ClF4N5O. The van der Waals surface area contributed by atoms with Gasteiger partial charge in [0.15, 0.2) is 11.6 Å². The Morgan fingerprint density at radius 3 is 2.77 bits per heavy atom. The number of halogens is 5. The third kappa shape index (κ3) is 4.71. The fourth-order valence-electron chi connectivity index (χ4n) is 3.13. The van der Waals surface area contributed by atoms with Gasteiger partial charge in [0.25, 0.3) is 5.88 Å². The first kappa shape index (κ1) is 20.5. The molecule has 3 aromatic rings. The summed E-state index contributed by atoms with van der Waals surface area (Å²) in [6.45, 7) is 1.37. The maximum Gasteiger partial charge on any atom is 0.393 e. The standard InChI is InChI=1S/C19H16ClF4N5O/c20-13-5-11(2-1-10(13)7-19(22,23)24)28-17-16-15(26-9-27-17)6-14(21)18(29-16)30-12-3-4-25-8-12/h1-2,5-6,9,12,25H,3-4,7-8H2,(H,26,27,28)/t12-/m0/s1. The second-order valence-electron chi connectivity index (χ2n) is 6.82. The monoisotopic (exact) mass is 441 g/mol. The van der Waals surface area contributed by atoms with E-state index in [9.17, 15) is 17.6 Å². The van der Waals surface area contributed by atoms with Gasteiger partial charge in [-0.3, -0.25) is 0 Å². The van der Waals surface area contributed by atoms with Crippen LogP contribution < -0.4 is 15.4 Å². The Kier molecular flexibility index (Phi) is 5.61. The quantitative estimate of drug-likeness (QED) is 0.572. The van der Waals surface area contributed by atoms with Crippen molar-refractivity contribution in [1.29, 1.82) is 0 Å². The first-order chi connectivity index (χ1) is 14.3. The molecule has 2 N–H and O–H groups in total. The van der Waals surface area contributed by atoms with Crippen LogP contribution in [0, 0.1) is 5.82 Å². The Balaban J connectivity index is 1.63. The average molecular weight is 442 g/mol. The highest BCUT2D eigenvalue weighted by molar-refractivity contribution is 6.31. The molecule has 0 spiro atoms. The Hall–Kier alpha value is -2.72. The van der Waals surface area contributed by atoms with Gasteiger partial charge in [-0.25, -0.2) is 19.3 Å². The summed E-state index contributed by atoms with van der Waals surface area (Å²) < 4.78 is 57.8. The lowest BCUT2D eigenvalue weighted by Gasteiger charge is -2.14. The first-order valence-electron chi connectivity index (χ1n) is 9.09. The third-order valence-electron chi connectivity index (χ3n) is 4.53. The minimum absolute atomic E-state index is 0.0348. The van der Waals surface area contributed by atoms with E-state index in [4.69, 9.17) is 16.3 Å². The molecule has 1 aliphatic rings. The summed E-state index contributed by atoms with van der Waals surface area (Å²) >= 11 is 6.00. The van der Waals surface area contributed by atoms with Crippen LogP contribution in [0.4, 0.5) is 29.1 Å². The van der Waals surface area contributed by atoms with Crippen molar-refractivity contribution in [1.82, 2.24) is 20.3 Å². The largest absolute Gasteiger partial charge is 0.471 e. The van der Waals surface area contributed by atoms with Crippen molar-refractivity contribution in [2.24, 2.45) is 0 Å². The number of alkyl halides is 3. The van der Waals surface area contributed by atoms with Crippen molar-refractivity contribution in [2.75, 3.05) is 18.4 Å². The van der Waals surface area contributed by atoms with Gasteiger partial charge in [0, 0.05) is 23.3 Å². The summed E-state index contributed by atoms with van der Waals surface area (Å²) in [5.41, 5.74) is 0.875. The van der Waals surface area contributed by atoms with Gasteiger partial charge in [-0.1, -0.05) is 17.7 Å². The van der Waals surface area contributed by atoms with Crippen molar-refractivity contribution in [3.63, 3.8) is 0 Å². The SMILES string of the molecule is Fc1cc2ncnc(Nc3ccc(CC(F)(F)F)c(Cl)c3)c2nc1O[C@H]1CCNC1. The lowest BCUT2D eigenvalue weighted by atomic mass is 10.1. The normalized spacial score (nSPS) is 16.8. The molecule has 0 radical (unpaired) electrons. The van der Waals surface area contributed by atoms with Crippen LogP contribution in [0.3, 0.4) is 0 Å². The van der Waals surface area contributed by atoms with E-state index in [0.717, 1.165) is 13.0 Å². The maximum absolute atomic E-state index is 14.4. The van der Waals surface area contributed by atoms with Gasteiger partial charge in [0.05, 0.1) is 11.9 Å². The number of nitrogens with one attached hydrogen (secondary N) is 2. The fourth-order valence-corrected chi connectivity index (χ4v) is 3.37. The van der Waals surface area contributed by atoms with E-state index in [-0.39, 0.29) is 39.4 Å². The van der Waals surface area contributed by atoms with Crippen LogP contribution >= 0.6 is 11.6 Å². The number of aromatic nitrogens is 3. The molecule has 0 unspecified atom stereocenters. The van der Waals surface area contributed by atoms with Gasteiger partial charge in [0.1, 0.15) is 17.9 Å². The van der Waals surface area contributed by atoms with Gasteiger partial charge >= 0.3 is 6.18 Å². The summed E-state index contributed by atoms with van der Waals surface area (Å²) in [5.74, 6) is -0.555. The topological polar surface area (TPSA) is 72.0 Å². The molecule has 1 aliphatic heterocycles. The highest BCUT2D eigenvalue weighted by atomic mass is 35.5. The average Bonchev–Trinajstić information content (AvgIpc) is 3.17. The zero-order valence-corrected chi connectivity index (χ0v) is 16.2. The van der Waals surface area contributed by atoms with Crippen molar-refractivity contribution >= 4 is 34.1 Å². The molecule has 1 fully saturated rings. The number of rotatable bonds is 5. The van der Waals surface area contributed by atoms with Crippen molar-refractivity contribution < 1.29 is 22.3 Å². The molecule has 0 aliphatic carbocycles. The molecule has 1 aromatic carbocycles. The number of ether oxygens (including phenoxy) is 1. The van der Waals surface area contributed by atoms with Gasteiger partial charge in [-0.05, 0) is 30.7 Å². The predicted molar refractivity (Wildman–Crippen MR) is 104 cm³/mol. The second kappa shape index (κ2) is 8.19. The minimum Gasteiger partial charge on any atom is -0.471 e. The van der Waals surface area contributed by atoms with Gasteiger partial charge < -0.3 is 15.4 Å². The zero-order chi connectivity index (χ0) is 21.3. The number of hydrogen-bond donors (Lipinski definition) is 2. The van der Waals surface area contributed by atoms with E-state index in [1.807, 2.05) is 0 Å². The molecule has 4 rings (SSSR count). The lowest BCUT2D eigenvalue weighted by molar-refractivity contribution is -0.127. The molecule has 0 amide bonds. The van der Waals surface area contributed by atoms with Gasteiger partial charge in [0.2, 0.25) is 0 Å². The number of hydrogen-bond acceptors (Lipinski definition) is 6. The van der Waals surface area contributed by atoms with Crippen LogP contribution in [0.1, 0.15) is 12.0 Å². The Morgan fingerprint density at radius 1 is 1.23 bits per heavy atom. The van der Waals surface area contributed by atoms with Crippen LogP contribution in [0.5, 0.6) is 5.88 Å². The van der Waals surface area contributed by atoms with E-state index in [1.165, 1.54) is 30.6 Å². The van der Waals surface area contributed by atoms with Crippen LogP contribution in [-0.4, -0.2) is 40.3 Å². The Bertz CT molecular complexity index is 1070. The summed E-state index contributed by atoms with van der Waals surface area (Å²) in [6.07, 6.45) is -3.71. The number of anilines is 2. The molecule has 1 saturated heterocycles. The predicted octanol–water partition coefficient (Wildman–Crippen LogP) is 4.41. The van der Waals surface area contributed by atoms with Gasteiger partial charge in [-0.2, -0.15) is 13.2 Å². The first-order valence-corrected chi connectivity index (χ1v) is 9.47. The second-order valence-corrected chi connectivity index (χ2v) is 7.23. The number of nitrogens with zero attached hydrogens (tertiary/aromatic N) is 3. The third-order valence-corrected chi connectivity index (χ3v) is 4.88. The van der Waals surface area contributed by atoms with Crippen LogP contribution in [-0.2, 0) is 6.42 Å². The number of benzene rings is 1. The highest BCUT2D eigenvalue weighted by Gasteiger charge is 2.28. The van der Waals surface area contributed by atoms with Gasteiger partial charge in [-0.15, -0.1) is 0 Å². The van der Waals surface area contributed by atoms with E-state index in [0.29, 0.717) is 12.2 Å². The molecule has 11 heteroatoms. The van der Waals surface area contributed by atoms with Crippen molar-refractivity contribution in [2.45, 2.75) is 25.1 Å². The molecule has 2 aromatic heterocycles. The molecular weight excluding hydrogens is 426 g/mol. The fraction of sp³-hybridized carbons (Fsp3) is 0.316. The minimum atomic E-state index is -4.36. The van der Waals surface area contributed by atoms with Crippen LogP contribution in [0.25, 0.3) is 11.0 Å². The lowest BCUT2D eigenvalue weighted by Crippen LogP contribution is -2.20. The van der Waals surface area contributed by atoms with E-state index < -0.39 is 18.4 Å². The summed E-state index contributed by atoms with van der Waals surface area (Å²) in [7, 11) is 0. The molecule has 0 bridgehead atoms. The Morgan fingerprint density at radius 2 is 2.07 bits per heavy atom. The molecule has 1 atom stereocenters. The molecule has 30 heavy (non-hydrogen) atoms. The molecule has 0 saturated carbocycles. The summed E-state index contributed by atoms with van der Waals surface area (Å²) in [6, 6.07) is 5.30. The van der Waals surface area contributed by atoms with Crippen molar-refractivity contribution in [3.05, 3.63) is 47.0 Å². The molecule has 3 heterocycles. The highest BCUT2D eigenvalue weighted by Crippen LogP contribution is 2.31. The van der Waals surface area contributed by atoms with E-state index >= 15 is 0 Å². The number of fused-ring (bicyclic) bond motifs is 1. The molecule has 158 valence electrons. The molecule has 6 nitrogen and oxygen atoms in total. The van der Waals surface area contributed by atoms with E-state index in [2.05, 4.69) is 25.6 Å². The van der Waals surface area contributed by atoms with Crippen LogP contribution in [0.15, 0.2) is 30.6 Å². The summed E-state index contributed by atoms with van der Waals surface area (Å²) in [5, 5.41) is 6.04. The van der Waals surface area contributed by atoms with Crippen LogP contribution in [0.2, 0.25) is 5.02 Å². The Labute approximate surface area is 173 Å². The smallest absolute Gasteiger partial charge is 0.393 e. The van der Waals surface area contributed by atoms with Crippen molar-refractivity contribution in [3.8, 4) is 5.88 Å².